The summed E-state index contributed by atoms with van der Waals surface area (Å²) < 4.78 is 5.11. The van der Waals surface area contributed by atoms with E-state index in [9.17, 15) is 24.0 Å². The van der Waals surface area contributed by atoms with Gasteiger partial charge in [0, 0.05) is 18.7 Å². The molecule has 10 nitrogen and oxygen atoms in total. The van der Waals surface area contributed by atoms with Gasteiger partial charge in [-0.3, -0.25) is 29.4 Å². The molecule has 2 atom stereocenters. The number of hydrogen-bond donors (Lipinski definition) is 3. The Morgan fingerprint density at radius 2 is 2.00 bits per heavy atom. The van der Waals surface area contributed by atoms with Crippen LogP contribution in [0.5, 0.6) is 0 Å². The molecule has 1 fully saturated rings. The second kappa shape index (κ2) is 7.77. The lowest BCUT2D eigenvalue weighted by molar-refractivity contribution is -0.148. The maximum absolute atomic E-state index is 12.7. The number of hydrogen-bond acceptors (Lipinski definition) is 7. The average molecular weight is 389 g/mol. The average Bonchev–Trinajstić information content (AvgIpc) is 2.89. The van der Waals surface area contributed by atoms with Crippen molar-refractivity contribution in [3.05, 3.63) is 29.3 Å². The molecular weight excluding hydrogens is 370 g/mol. The number of carboxylic acid groups (broad SMARTS) is 1. The standard InChI is InChI=1S/C18H19N3O7/c1-9(18(26)27)28-7-6-19-10-2-3-11-12(8-10)17(25)21(16(11)24)13-4-5-14(22)20-15(13)23/h2-3,8-9,13,19H,4-7H2,1H3,(H,26,27)(H,20,22,23). The van der Waals surface area contributed by atoms with Gasteiger partial charge < -0.3 is 15.2 Å². The van der Waals surface area contributed by atoms with Crippen LogP contribution in [0.1, 0.15) is 40.5 Å². The number of fused-ring (bicyclic) bond motifs is 1. The van der Waals surface area contributed by atoms with E-state index in [1.54, 1.807) is 6.07 Å². The molecule has 28 heavy (non-hydrogen) atoms. The molecule has 0 spiro atoms. The molecule has 2 aliphatic rings. The van der Waals surface area contributed by atoms with Crippen molar-refractivity contribution < 1.29 is 33.8 Å². The zero-order valence-electron chi connectivity index (χ0n) is 15.1. The van der Waals surface area contributed by atoms with Gasteiger partial charge in [0.2, 0.25) is 11.8 Å². The second-order valence-electron chi connectivity index (χ2n) is 6.49. The largest absolute Gasteiger partial charge is 0.479 e. The van der Waals surface area contributed by atoms with E-state index in [2.05, 4.69) is 10.6 Å². The predicted molar refractivity (Wildman–Crippen MR) is 94.7 cm³/mol. The van der Waals surface area contributed by atoms with Crippen LogP contribution in [-0.4, -0.2) is 64.9 Å². The number of rotatable bonds is 7. The Hall–Kier alpha value is -3.27. The second-order valence-corrected chi connectivity index (χ2v) is 6.49. The number of piperidine rings is 1. The number of carbonyl (C=O) groups excluding carboxylic acids is 4. The summed E-state index contributed by atoms with van der Waals surface area (Å²) in [6.45, 7) is 1.86. The molecule has 2 aliphatic heterocycles. The Morgan fingerprint density at radius 3 is 2.68 bits per heavy atom. The fourth-order valence-electron chi connectivity index (χ4n) is 3.08. The summed E-state index contributed by atoms with van der Waals surface area (Å²) in [6.07, 6.45) is -0.769. The highest BCUT2D eigenvalue weighted by Crippen LogP contribution is 2.29. The Kier molecular flexibility index (Phi) is 5.41. The lowest BCUT2D eigenvalue weighted by Crippen LogP contribution is -2.54. The first-order valence-corrected chi connectivity index (χ1v) is 8.73. The molecule has 3 N–H and O–H groups in total. The summed E-state index contributed by atoms with van der Waals surface area (Å²) in [5.74, 6) is -3.30. The molecular formula is C18H19N3O7. The van der Waals surface area contributed by atoms with Gasteiger partial charge in [0.1, 0.15) is 6.04 Å². The first-order valence-electron chi connectivity index (χ1n) is 8.73. The fraction of sp³-hybridized carbons (Fsp3) is 0.389. The predicted octanol–water partition coefficient (Wildman–Crippen LogP) is -0.0106. The Labute approximate surface area is 159 Å². The number of amides is 4. The molecule has 4 amide bonds. The Bertz CT molecular complexity index is 867. The summed E-state index contributed by atoms with van der Waals surface area (Å²) >= 11 is 0. The quantitative estimate of drug-likeness (QED) is 0.437. The minimum atomic E-state index is -1.06. The van der Waals surface area contributed by atoms with Crippen molar-refractivity contribution in [3.8, 4) is 0 Å². The number of carbonyl (C=O) groups is 5. The smallest absolute Gasteiger partial charge is 0.332 e. The van der Waals surface area contributed by atoms with Crippen LogP contribution in [-0.2, 0) is 19.1 Å². The summed E-state index contributed by atoms with van der Waals surface area (Å²) in [7, 11) is 0. The number of nitrogens with one attached hydrogen (secondary N) is 2. The maximum Gasteiger partial charge on any atom is 0.332 e. The SMILES string of the molecule is CC(OCCNc1ccc2c(c1)C(=O)N(C1CCC(=O)NC1=O)C2=O)C(=O)O. The van der Waals surface area contributed by atoms with Crippen molar-refractivity contribution >= 4 is 35.3 Å². The molecule has 0 bridgehead atoms. The lowest BCUT2D eigenvalue weighted by Gasteiger charge is -2.27. The highest BCUT2D eigenvalue weighted by atomic mass is 16.5. The fourth-order valence-corrected chi connectivity index (χ4v) is 3.08. The van der Waals surface area contributed by atoms with E-state index in [0.29, 0.717) is 12.2 Å². The molecule has 10 heteroatoms. The van der Waals surface area contributed by atoms with Gasteiger partial charge in [0.05, 0.1) is 17.7 Å². The van der Waals surface area contributed by atoms with Gasteiger partial charge in [0.25, 0.3) is 11.8 Å². The molecule has 1 aromatic carbocycles. The van der Waals surface area contributed by atoms with Crippen LogP contribution in [0.25, 0.3) is 0 Å². The highest BCUT2D eigenvalue weighted by Gasteiger charge is 2.44. The molecule has 2 heterocycles. The molecule has 0 saturated carbocycles. The molecule has 2 unspecified atom stereocenters. The molecule has 1 saturated heterocycles. The van der Waals surface area contributed by atoms with Crippen LogP contribution >= 0.6 is 0 Å². The van der Waals surface area contributed by atoms with Crippen LogP contribution in [0.2, 0.25) is 0 Å². The van der Waals surface area contributed by atoms with E-state index in [4.69, 9.17) is 9.84 Å². The van der Waals surface area contributed by atoms with E-state index < -0.39 is 41.7 Å². The molecule has 3 rings (SSSR count). The van der Waals surface area contributed by atoms with Crippen LogP contribution in [0.3, 0.4) is 0 Å². The summed E-state index contributed by atoms with van der Waals surface area (Å²) in [4.78, 5) is 60.2. The van der Waals surface area contributed by atoms with Gasteiger partial charge in [-0.2, -0.15) is 0 Å². The zero-order valence-corrected chi connectivity index (χ0v) is 15.1. The number of carboxylic acids is 1. The number of nitrogens with zero attached hydrogens (tertiary/aromatic N) is 1. The van der Waals surface area contributed by atoms with Crippen molar-refractivity contribution in [3.63, 3.8) is 0 Å². The van der Waals surface area contributed by atoms with E-state index in [1.807, 2.05) is 0 Å². The van der Waals surface area contributed by atoms with Crippen molar-refractivity contribution in [2.45, 2.75) is 31.9 Å². The van der Waals surface area contributed by atoms with Crippen LogP contribution < -0.4 is 10.6 Å². The molecule has 0 aliphatic carbocycles. The van der Waals surface area contributed by atoms with Crippen molar-refractivity contribution in [2.24, 2.45) is 0 Å². The third-order valence-corrected chi connectivity index (χ3v) is 4.59. The van der Waals surface area contributed by atoms with E-state index >= 15 is 0 Å². The topological polar surface area (TPSA) is 142 Å². The maximum atomic E-state index is 12.7. The highest BCUT2D eigenvalue weighted by molar-refractivity contribution is 6.23. The monoisotopic (exact) mass is 389 g/mol. The first kappa shape index (κ1) is 19.5. The van der Waals surface area contributed by atoms with Crippen LogP contribution in [0, 0.1) is 0 Å². The number of imide groups is 2. The van der Waals surface area contributed by atoms with Crippen molar-refractivity contribution in [2.75, 3.05) is 18.5 Å². The minimum Gasteiger partial charge on any atom is -0.479 e. The number of aliphatic carboxylic acids is 1. The summed E-state index contributed by atoms with van der Waals surface area (Å²) in [5.41, 5.74) is 0.909. The van der Waals surface area contributed by atoms with Crippen molar-refractivity contribution in [1.82, 2.24) is 10.2 Å². The van der Waals surface area contributed by atoms with Crippen LogP contribution in [0.15, 0.2) is 18.2 Å². The van der Waals surface area contributed by atoms with Gasteiger partial charge in [-0.05, 0) is 31.5 Å². The first-order chi connectivity index (χ1) is 13.3. The number of benzene rings is 1. The molecule has 148 valence electrons. The Morgan fingerprint density at radius 1 is 1.29 bits per heavy atom. The van der Waals surface area contributed by atoms with Gasteiger partial charge in [-0.25, -0.2) is 4.79 Å². The third kappa shape index (κ3) is 3.72. The van der Waals surface area contributed by atoms with E-state index in [-0.39, 0.29) is 30.6 Å². The molecule has 1 aromatic rings. The van der Waals surface area contributed by atoms with E-state index in [1.165, 1.54) is 19.1 Å². The third-order valence-electron chi connectivity index (χ3n) is 4.59. The van der Waals surface area contributed by atoms with Crippen molar-refractivity contribution in [1.29, 1.82) is 0 Å². The lowest BCUT2D eigenvalue weighted by atomic mass is 10.0. The summed E-state index contributed by atoms with van der Waals surface area (Å²) in [5, 5.41) is 13.9. The van der Waals surface area contributed by atoms with E-state index in [0.717, 1.165) is 4.90 Å². The zero-order chi connectivity index (χ0) is 20.4. The van der Waals surface area contributed by atoms with Crippen LogP contribution in [0.4, 0.5) is 5.69 Å². The Balaban J connectivity index is 1.67. The number of ether oxygens (including phenoxy) is 1. The summed E-state index contributed by atoms with van der Waals surface area (Å²) in [6, 6.07) is 3.60. The van der Waals surface area contributed by atoms with Gasteiger partial charge in [0.15, 0.2) is 6.10 Å². The minimum absolute atomic E-state index is 0.0609. The molecule has 0 radical (unpaired) electrons. The molecule has 0 aromatic heterocycles. The number of anilines is 1. The van der Waals surface area contributed by atoms with Gasteiger partial charge in [-0.15, -0.1) is 0 Å². The van der Waals surface area contributed by atoms with Gasteiger partial charge in [-0.1, -0.05) is 0 Å². The van der Waals surface area contributed by atoms with Gasteiger partial charge >= 0.3 is 5.97 Å². The normalized spacial score (nSPS) is 20.0.